The molecular formula is C25H24BrN5O3. The first-order valence-electron chi connectivity index (χ1n) is 11.1. The Morgan fingerprint density at radius 1 is 1.12 bits per heavy atom. The zero-order chi connectivity index (χ0) is 23.7. The van der Waals surface area contributed by atoms with Crippen LogP contribution in [0, 0.1) is 0 Å². The Labute approximate surface area is 205 Å². The van der Waals surface area contributed by atoms with Gasteiger partial charge >= 0.3 is 0 Å². The molecule has 0 saturated carbocycles. The Hall–Kier alpha value is -3.30. The van der Waals surface area contributed by atoms with Crippen LogP contribution in [0.2, 0.25) is 0 Å². The second-order valence-electron chi connectivity index (χ2n) is 8.25. The molecule has 34 heavy (non-hydrogen) atoms. The molecule has 8 nitrogen and oxygen atoms in total. The third kappa shape index (κ3) is 4.41. The molecule has 174 valence electrons. The Kier molecular flexibility index (Phi) is 6.30. The van der Waals surface area contributed by atoms with Gasteiger partial charge < -0.3 is 14.4 Å². The summed E-state index contributed by atoms with van der Waals surface area (Å²) in [5.41, 5.74) is 1.71. The lowest BCUT2D eigenvalue weighted by molar-refractivity contribution is 0.180. The van der Waals surface area contributed by atoms with Gasteiger partial charge in [0.05, 0.1) is 29.4 Å². The van der Waals surface area contributed by atoms with Crippen LogP contribution >= 0.6 is 15.9 Å². The number of methoxy groups -OCH3 is 1. The lowest BCUT2D eigenvalue weighted by atomic mass is 10.1. The maximum atomic E-state index is 13.2. The highest BCUT2D eigenvalue weighted by molar-refractivity contribution is 9.10. The third-order valence-corrected chi connectivity index (χ3v) is 6.44. The zero-order valence-corrected chi connectivity index (χ0v) is 20.5. The van der Waals surface area contributed by atoms with Crippen molar-refractivity contribution in [1.29, 1.82) is 0 Å². The average Bonchev–Trinajstić information content (AvgIpc) is 3.29. The summed E-state index contributed by atoms with van der Waals surface area (Å²) in [6, 6.07) is 13.3. The number of rotatable bonds is 6. The Morgan fingerprint density at radius 2 is 1.97 bits per heavy atom. The molecule has 1 aliphatic rings. The highest BCUT2D eigenvalue weighted by Gasteiger charge is 2.28. The summed E-state index contributed by atoms with van der Waals surface area (Å²) in [7, 11) is 3.46. The molecule has 0 unspecified atom stereocenters. The van der Waals surface area contributed by atoms with E-state index in [4.69, 9.17) is 14.5 Å². The predicted molar refractivity (Wildman–Crippen MR) is 134 cm³/mol. The van der Waals surface area contributed by atoms with E-state index in [1.807, 2.05) is 30.3 Å². The lowest BCUT2D eigenvalue weighted by Gasteiger charge is -2.26. The molecule has 4 heterocycles. The van der Waals surface area contributed by atoms with E-state index >= 15 is 0 Å². The summed E-state index contributed by atoms with van der Waals surface area (Å²) in [5.74, 6) is 2.04. The molecule has 1 saturated heterocycles. The molecule has 0 amide bonds. The highest BCUT2D eigenvalue weighted by Crippen LogP contribution is 2.28. The quantitative estimate of drug-likeness (QED) is 0.344. The SMILES string of the molecule is COC[C@H]1CCCN1c1ncc(-c2ccc3cc(Oc4ccnc(Br)c4)ccc3n2)c(=O)n1C. The van der Waals surface area contributed by atoms with Crippen molar-refractivity contribution in [2.24, 2.45) is 7.05 Å². The minimum Gasteiger partial charge on any atom is -0.457 e. The van der Waals surface area contributed by atoms with Gasteiger partial charge in [0.25, 0.3) is 5.56 Å². The van der Waals surface area contributed by atoms with Crippen LogP contribution in [-0.4, -0.2) is 45.8 Å². The van der Waals surface area contributed by atoms with Gasteiger partial charge in [0.1, 0.15) is 16.1 Å². The number of aromatic nitrogens is 4. The molecule has 0 aliphatic carbocycles. The molecule has 4 aromatic rings. The molecule has 1 aromatic carbocycles. The fourth-order valence-electron chi connectivity index (χ4n) is 4.34. The molecule has 3 aromatic heterocycles. The van der Waals surface area contributed by atoms with E-state index < -0.39 is 0 Å². The van der Waals surface area contributed by atoms with Crippen LogP contribution in [0.4, 0.5) is 5.95 Å². The van der Waals surface area contributed by atoms with E-state index in [9.17, 15) is 4.79 Å². The first-order valence-corrected chi connectivity index (χ1v) is 11.8. The summed E-state index contributed by atoms with van der Waals surface area (Å²) in [6.45, 7) is 1.48. The molecule has 0 spiro atoms. The van der Waals surface area contributed by atoms with Crippen molar-refractivity contribution in [3.8, 4) is 22.8 Å². The van der Waals surface area contributed by atoms with Gasteiger partial charge in [0.2, 0.25) is 5.95 Å². The third-order valence-electron chi connectivity index (χ3n) is 6.01. The molecule has 1 aliphatic heterocycles. The lowest BCUT2D eigenvalue weighted by Crippen LogP contribution is -2.38. The van der Waals surface area contributed by atoms with E-state index in [1.54, 1.807) is 43.3 Å². The summed E-state index contributed by atoms with van der Waals surface area (Å²) in [6.07, 6.45) is 5.40. The van der Waals surface area contributed by atoms with Crippen LogP contribution in [0.1, 0.15) is 12.8 Å². The van der Waals surface area contributed by atoms with E-state index in [2.05, 4.69) is 30.8 Å². The van der Waals surface area contributed by atoms with Crippen molar-refractivity contribution in [3.05, 3.63) is 69.8 Å². The largest absolute Gasteiger partial charge is 0.457 e. The van der Waals surface area contributed by atoms with Crippen LogP contribution in [0.15, 0.2) is 64.3 Å². The summed E-state index contributed by atoms with van der Waals surface area (Å²) < 4.78 is 13.6. The maximum absolute atomic E-state index is 13.2. The van der Waals surface area contributed by atoms with E-state index in [0.717, 1.165) is 30.3 Å². The second kappa shape index (κ2) is 9.52. The number of fused-ring (bicyclic) bond motifs is 1. The normalized spacial score (nSPS) is 15.7. The maximum Gasteiger partial charge on any atom is 0.264 e. The topological polar surface area (TPSA) is 82.4 Å². The predicted octanol–water partition coefficient (Wildman–Crippen LogP) is 4.56. The number of halogens is 1. The average molecular weight is 522 g/mol. The standard InChI is InChI=1S/C25H24BrN5O3/c1-30-24(32)20(14-28-25(30)31-11-3-4-17(31)15-33-2)22-7-5-16-12-18(6-8-21(16)29-22)34-19-9-10-27-23(26)13-19/h5-10,12-14,17H,3-4,11,15H2,1-2H3/t17-/m1/s1. The summed E-state index contributed by atoms with van der Waals surface area (Å²) >= 11 is 3.35. The molecule has 5 rings (SSSR count). The number of hydrogen-bond acceptors (Lipinski definition) is 7. The van der Waals surface area contributed by atoms with Crippen LogP contribution in [0.3, 0.4) is 0 Å². The molecule has 0 N–H and O–H groups in total. The van der Waals surface area contributed by atoms with Gasteiger partial charge in [-0.1, -0.05) is 6.07 Å². The Morgan fingerprint density at radius 3 is 2.79 bits per heavy atom. The minimum absolute atomic E-state index is 0.122. The monoisotopic (exact) mass is 521 g/mol. The molecule has 0 radical (unpaired) electrons. The smallest absolute Gasteiger partial charge is 0.264 e. The van der Waals surface area contributed by atoms with E-state index in [1.165, 1.54) is 0 Å². The number of pyridine rings is 2. The molecule has 1 atom stereocenters. The molecule has 0 bridgehead atoms. The van der Waals surface area contributed by atoms with E-state index in [-0.39, 0.29) is 11.6 Å². The van der Waals surface area contributed by atoms with Crippen LogP contribution in [-0.2, 0) is 11.8 Å². The van der Waals surface area contributed by atoms with Gasteiger partial charge in [-0.15, -0.1) is 0 Å². The van der Waals surface area contributed by atoms with E-state index in [0.29, 0.717) is 39.9 Å². The van der Waals surface area contributed by atoms with Crippen molar-refractivity contribution in [2.45, 2.75) is 18.9 Å². The van der Waals surface area contributed by atoms with Crippen molar-refractivity contribution in [2.75, 3.05) is 25.2 Å². The highest BCUT2D eigenvalue weighted by atomic mass is 79.9. The number of anilines is 1. The number of ether oxygens (including phenoxy) is 2. The summed E-state index contributed by atoms with van der Waals surface area (Å²) in [4.78, 5) is 28.9. The van der Waals surface area contributed by atoms with Crippen LogP contribution < -0.4 is 15.2 Å². The molecule has 1 fully saturated rings. The fraction of sp³-hybridized carbons (Fsp3) is 0.280. The van der Waals surface area contributed by atoms with Gasteiger partial charge in [-0.05, 0) is 59.1 Å². The summed E-state index contributed by atoms with van der Waals surface area (Å²) in [5, 5.41) is 0.912. The van der Waals surface area contributed by atoms with Gasteiger partial charge in [-0.3, -0.25) is 9.36 Å². The number of hydrogen-bond donors (Lipinski definition) is 0. The van der Waals surface area contributed by atoms with Gasteiger partial charge in [-0.25, -0.2) is 15.0 Å². The van der Waals surface area contributed by atoms with Gasteiger partial charge in [0.15, 0.2) is 0 Å². The van der Waals surface area contributed by atoms with Crippen molar-refractivity contribution < 1.29 is 9.47 Å². The Bertz CT molecular complexity index is 1410. The van der Waals surface area contributed by atoms with Crippen molar-refractivity contribution in [3.63, 3.8) is 0 Å². The number of benzene rings is 1. The van der Waals surface area contributed by atoms with Crippen LogP contribution in [0.25, 0.3) is 22.2 Å². The van der Waals surface area contributed by atoms with Crippen molar-refractivity contribution >= 4 is 32.8 Å². The first-order chi connectivity index (χ1) is 16.5. The molecule has 9 heteroatoms. The zero-order valence-electron chi connectivity index (χ0n) is 18.9. The first kappa shape index (κ1) is 22.5. The fourth-order valence-corrected chi connectivity index (χ4v) is 4.69. The van der Waals surface area contributed by atoms with Gasteiger partial charge in [-0.2, -0.15) is 0 Å². The minimum atomic E-state index is -0.122. The number of nitrogens with zero attached hydrogens (tertiary/aromatic N) is 5. The van der Waals surface area contributed by atoms with Gasteiger partial charge in [0, 0.05) is 44.5 Å². The molecular weight excluding hydrogens is 498 g/mol. The van der Waals surface area contributed by atoms with Crippen LogP contribution in [0.5, 0.6) is 11.5 Å². The Balaban J connectivity index is 1.44. The van der Waals surface area contributed by atoms with Crippen molar-refractivity contribution in [1.82, 2.24) is 19.5 Å². The second-order valence-corrected chi connectivity index (χ2v) is 9.06.